The fraction of sp³-hybridized carbons (Fsp3) is 0.875. The van der Waals surface area contributed by atoms with Gasteiger partial charge in [0.1, 0.15) is 0 Å². The maximum absolute atomic E-state index is 6.82. The molecule has 0 radical (unpaired) electrons. The molecular weight excluding hydrogens is 252 g/mol. The first-order chi connectivity index (χ1) is 8.98. The smallest absolute Gasteiger partial charge is 0.192 e. The van der Waals surface area contributed by atoms with Crippen LogP contribution in [0.1, 0.15) is 47.5 Å². The number of hydrogen-bond acceptors (Lipinski definition) is 2. The molecule has 3 heteroatoms. The van der Waals surface area contributed by atoms with E-state index in [0.717, 1.165) is 13.0 Å². The molecule has 0 aromatic rings. The van der Waals surface area contributed by atoms with E-state index in [0.29, 0.717) is 12.0 Å². The average molecular weight is 282 g/mol. The summed E-state index contributed by atoms with van der Waals surface area (Å²) in [7, 11) is -1.55. The van der Waals surface area contributed by atoms with Gasteiger partial charge in [-0.3, -0.25) is 0 Å². The van der Waals surface area contributed by atoms with E-state index in [1.165, 1.54) is 30.1 Å². The van der Waals surface area contributed by atoms with Crippen LogP contribution in [-0.2, 0) is 9.16 Å². The molecule has 0 N–H and O–H groups in total. The van der Waals surface area contributed by atoms with Crippen molar-refractivity contribution in [1.29, 1.82) is 0 Å². The van der Waals surface area contributed by atoms with Gasteiger partial charge < -0.3 is 9.16 Å². The van der Waals surface area contributed by atoms with Gasteiger partial charge in [-0.25, -0.2) is 0 Å². The second-order valence-electron chi connectivity index (χ2n) is 6.57. The first kappa shape index (κ1) is 15.3. The number of fused-ring (bicyclic) bond motifs is 2. The topological polar surface area (TPSA) is 18.5 Å². The SMILES string of the molecule is CC[Si](CC)(CC)O[C@@]1(C)CO[C@@H]2C[C@H]1CC=C2C. The van der Waals surface area contributed by atoms with Gasteiger partial charge in [-0.15, -0.1) is 0 Å². The summed E-state index contributed by atoms with van der Waals surface area (Å²) < 4.78 is 12.9. The molecule has 2 rings (SSSR count). The largest absolute Gasteiger partial charge is 0.409 e. The summed E-state index contributed by atoms with van der Waals surface area (Å²) >= 11 is 0. The lowest BCUT2D eigenvalue weighted by Gasteiger charge is -2.50. The molecule has 1 fully saturated rings. The molecule has 2 bridgehead atoms. The highest BCUT2D eigenvalue weighted by atomic mass is 28.4. The number of hydrogen-bond donors (Lipinski definition) is 0. The Kier molecular flexibility index (Phi) is 4.58. The van der Waals surface area contributed by atoms with Gasteiger partial charge in [-0.1, -0.05) is 26.8 Å². The Hall–Kier alpha value is -0.123. The molecule has 0 aromatic heterocycles. The molecule has 0 unspecified atom stereocenters. The average Bonchev–Trinajstić information content (AvgIpc) is 2.44. The molecule has 0 saturated carbocycles. The van der Waals surface area contributed by atoms with Gasteiger partial charge >= 0.3 is 0 Å². The van der Waals surface area contributed by atoms with Crippen LogP contribution in [0.3, 0.4) is 0 Å². The third-order valence-electron chi connectivity index (χ3n) is 5.55. The van der Waals surface area contributed by atoms with Crippen molar-refractivity contribution < 1.29 is 9.16 Å². The first-order valence-electron chi connectivity index (χ1n) is 7.97. The van der Waals surface area contributed by atoms with Crippen molar-refractivity contribution in [1.82, 2.24) is 0 Å². The van der Waals surface area contributed by atoms with Crippen LogP contribution in [-0.4, -0.2) is 26.6 Å². The minimum Gasteiger partial charge on any atom is -0.409 e. The number of allylic oxidation sites excluding steroid dienone is 1. The molecule has 19 heavy (non-hydrogen) atoms. The van der Waals surface area contributed by atoms with E-state index < -0.39 is 8.32 Å². The monoisotopic (exact) mass is 282 g/mol. The Bertz CT molecular complexity index is 340. The van der Waals surface area contributed by atoms with Gasteiger partial charge in [-0.2, -0.15) is 0 Å². The zero-order valence-corrected chi connectivity index (χ0v) is 14.3. The van der Waals surface area contributed by atoms with Gasteiger partial charge in [0.15, 0.2) is 8.32 Å². The highest BCUT2D eigenvalue weighted by molar-refractivity contribution is 6.73. The Morgan fingerprint density at radius 1 is 1.32 bits per heavy atom. The Balaban J connectivity index is 2.15. The van der Waals surface area contributed by atoms with Crippen LogP contribution in [0.2, 0.25) is 18.1 Å². The molecule has 1 aliphatic heterocycles. The van der Waals surface area contributed by atoms with Crippen LogP contribution in [0.15, 0.2) is 11.6 Å². The van der Waals surface area contributed by atoms with Crippen molar-refractivity contribution in [2.24, 2.45) is 5.92 Å². The number of ether oxygens (including phenoxy) is 1. The van der Waals surface area contributed by atoms with E-state index in [4.69, 9.17) is 9.16 Å². The highest BCUT2D eigenvalue weighted by Gasteiger charge is 2.47. The van der Waals surface area contributed by atoms with Crippen molar-refractivity contribution >= 4 is 8.32 Å². The van der Waals surface area contributed by atoms with Crippen molar-refractivity contribution in [2.45, 2.75) is 77.3 Å². The predicted octanol–water partition coefficient (Wildman–Crippen LogP) is 4.52. The summed E-state index contributed by atoms with van der Waals surface area (Å²) in [5.74, 6) is 0.645. The summed E-state index contributed by atoms with van der Waals surface area (Å²) in [6, 6.07) is 3.67. The van der Waals surface area contributed by atoms with Crippen molar-refractivity contribution in [3.8, 4) is 0 Å². The van der Waals surface area contributed by atoms with Crippen molar-refractivity contribution in [2.75, 3.05) is 6.61 Å². The lowest BCUT2D eigenvalue weighted by atomic mass is 9.76. The Morgan fingerprint density at radius 2 is 1.95 bits per heavy atom. The molecular formula is C16H30O2Si. The normalized spacial score (nSPS) is 35.1. The van der Waals surface area contributed by atoms with E-state index in [-0.39, 0.29) is 5.60 Å². The molecule has 0 aromatic carbocycles. The number of rotatable bonds is 5. The van der Waals surface area contributed by atoms with Crippen molar-refractivity contribution in [3.63, 3.8) is 0 Å². The molecule has 0 spiro atoms. The van der Waals surface area contributed by atoms with E-state index in [1.54, 1.807) is 0 Å². The van der Waals surface area contributed by atoms with Gasteiger partial charge in [-0.05, 0) is 56.3 Å². The molecule has 3 atom stereocenters. The summed E-state index contributed by atoms with van der Waals surface area (Å²) in [6.07, 6.45) is 5.05. The van der Waals surface area contributed by atoms with E-state index in [9.17, 15) is 0 Å². The van der Waals surface area contributed by atoms with E-state index in [1.807, 2.05) is 0 Å². The Labute approximate surface area is 119 Å². The lowest BCUT2D eigenvalue weighted by molar-refractivity contribution is -0.130. The molecule has 1 saturated heterocycles. The third-order valence-corrected chi connectivity index (χ3v) is 10.3. The van der Waals surface area contributed by atoms with Gasteiger partial charge in [0, 0.05) is 0 Å². The lowest BCUT2D eigenvalue weighted by Crippen LogP contribution is -2.56. The third kappa shape index (κ3) is 2.83. The fourth-order valence-electron chi connectivity index (χ4n) is 3.66. The first-order valence-corrected chi connectivity index (χ1v) is 10.5. The molecule has 2 aliphatic rings. The van der Waals surface area contributed by atoms with E-state index >= 15 is 0 Å². The molecule has 0 amide bonds. The standard InChI is InChI=1S/C16H30O2Si/c1-6-19(7-2,8-3)18-16(5)12-17-15-11-14(16)10-9-13(15)4/h9,14-15H,6-8,10-12H2,1-5H3/t14-,15-,16+/m1/s1. The molecule has 1 heterocycles. The quantitative estimate of drug-likeness (QED) is 0.545. The summed E-state index contributed by atoms with van der Waals surface area (Å²) in [5, 5.41) is 0. The van der Waals surface area contributed by atoms with Crippen LogP contribution in [0.4, 0.5) is 0 Å². The molecule has 1 aliphatic carbocycles. The van der Waals surface area contributed by atoms with Gasteiger partial charge in [0.05, 0.1) is 18.3 Å². The second kappa shape index (κ2) is 5.70. The summed E-state index contributed by atoms with van der Waals surface area (Å²) in [5.41, 5.74) is 1.37. The summed E-state index contributed by atoms with van der Waals surface area (Å²) in [6.45, 7) is 12.2. The maximum atomic E-state index is 6.82. The summed E-state index contributed by atoms with van der Waals surface area (Å²) in [4.78, 5) is 0. The Morgan fingerprint density at radius 3 is 2.53 bits per heavy atom. The van der Waals surface area contributed by atoms with Gasteiger partial charge in [0.25, 0.3) is 0 Å². The van der Waals surface area contributed by atoms with Crippen LogP contribution in [0.25, 0.3) is 0 Å². The van der Waals surface area contributed by atoms with Gasteiger partial charge in [0.2, 0.25) is 0 Å². The van der Waals surface area contributed by atoms with Crippen molar-refractivity contribution in [3.05, 3.63) is 11.6 Å². The van der Waals surface area contributed by atoms with Crippen LogP contribution in [0, 0.1) is 5.92 Å². The second-order valence-corrected chi connectivity index (χ2v) is 11.3. The highest BCUT2D eigenvalue weighted by Crippen LogP contribution is 2.43. The zero-order chi connectivity index (χ0) is 14.1. The van der Waals surface area contributed by atoms with Crippen LogP contribution >= 0.6 is 0 Å². The predicted molar refractivity (Wildman–Crippen MR) is 82.9 cm³/mol. The van der Waals surface area contributed by atoms with Crippen LogP contribution < -0.4 is 0 Å². The van der Waals surface area contributed by atoms with Crippen LogP contribution in [0.5, 0.6) is 0 Å². The maximum Gasteiger partial charge on any atom is 0.192 e. The zero-order valence-electron chi connectivity index (χ0n) is 13.3. The molecule has 2 nitrogen and oxygen atoms in total. The molecule has 110 valence electrons. The minimum absolute atomic E-state index is 0.0536. The van der Waals surface area contributed by atoms with E-state index in [2.05, 4.69) is 40.7 Å². The minimum atomic E-state index is -1.55. The fourth-order valence-corrected chi connectivity index (χ4v) is 6.80.